The second-order valence-corrected chi connectivity index (χ2v) is 6.89. The highest BCUT2D eigenvalue weighted by Crippen LogP contribution is 2.21. The maximum Gasteiger partial charge on any atom is 0.223 e. The second kappa shape index (κ2) is 9.16. The van der Waals surface area contributed by atoms with Gasteiger partial charge in [-0.1, -0.05) is 18.2 Å². The van der Waals surface area contributed by atoms with Crippen LogP contribution in [0.5, 0.6) is 5.75 Å². The lowest BCUT2D eigenvalue weighted by molar-refractivity contribution is -0.126. The first kappa shape index (κ1) is 18.9. The van der Waals surface area contributed by atoms with Crippen molar-refractivity contribution in [1.82, 2.24) is 10.3 Å². The highest BCUT2D eigenvalue weighted by Gasteiger charge is 2.32. The van der Waals surface area contributed by atoms with Crippen molar-refractivity contribution < 1.29 is 14.3 Å². The summed E-state index contributed by atoms with van der Waals surface area (Å²) < 4.78 is 5.80. The van der Waals surface area contributed by atoms with Crippen molar-refractivity contribution >= 4 is 17.5 Å². The van der Waals surface area contributed by atoms with Crippen LogP contribution in [0, 0.1) is 5.92 Å². The number of amides is 1. The number of ether oxygens (including phenoxy) is 1. The molecule has 0 saturated carbocycles. The molecule has 0 unspecified atom stereocenters. The molecule has 0 aliphatic carbocycles. The molecular formula is C21H25N3O3. The number of hydrogen-bond donors (Lipinski definition) is 2. The number of nitrogens with zero attached hydrogens (tertiary/aromatic N) is 1. The van der Waals surface area contributed by atoms with Gasteiger partial charge in [0.15, 0.2) is 0 Å². The summed E-state index contributed by atoms with van der Waals surface area (Å²) in [6, 6.07) is 13.7. The SMILES string of the molecule is CC(=O)C[C@@H]1C[C@@H](COc2ccc(CCNc3ccccn3)cc2)NC1=O. The van der Waals surface area contributed by atoms with E-state index in [-0.39, 0.29) is 23.7 Å². The Hall–Kier alpha value is -2.89. The van der Waals surface area contributed by atoms with Gasteiger partial charge in [-0.25, -0.2) is 4.98 Å². The molecule has 6 heteroatoms. The van der Waals surface area contributed by atoms with E-state index in [4.69, 9.17) is 4.74 Å². The van der Waals surface area contributed by atoms with E-state index in [1.54, 1.807) is 6.20 Å². The summed E-state index contributed by atoms with van der Waals surface area (Å²) in [7, 11) is 0. The van der Waals surface area contributed by atoms with Crippen LogP contribution in [0.4, 0.5) is 5.82 Å². The second-order valence-electron chi connectivity index (χ2n) is 6.89. The van der Waals surface area contributed by atoms with Gasteiger partial charge in [0.25, 0.3) is 0 Å². The van der Waals surface area contributed by atoms with Gasteiger partial charge in [-0.05, 0) is 49.6 Å². The molecule has 6 nitrogen and oxygen atoms in total. The Bertz CT molecular complexity index is 762. The number of Topliss-reactive ketones (excluding diaryl/α,β-unsaturated/α-hetero) is 1. The van der Waals surface area contributed by atoms with E-state index >= 15 is 0 Å². The number of nitrogens with one attached hydrogen (secondary N) is 2. The molecule has 0 bridgehead atoms. The van der Waals surface area contributed by atoms with Gasteiger partial charge in [-0.15, -0.1) is 0 Å². The van der Waals surface area contributed by atoms with Gasteiger partial charge < -0.3 is 20.2 Å². The Morgan fingerprint density at radius 2 is 2.07 bits per heavy atom. The monoisotopic (exact) mass is 367 g/mol. The first-order chi connectivity index (χ1) is 13.1. The highest BCUT2D eigenvalue weighted by molar-refractivity contribution is 5.87. The molecule has 0 spiro atoms. The molecule has 1 aliphatic rings. The molecular weight excluding hydrogens is 342 g/mol. The molecule has 2 heterocycles. The molecule has 2 atom stereocenters. The molecule has 1 aliphatic heterocycles. The fourth-order valence-corrected chi connectivity index (χ4v) is 3.21. The van der Waals surface area contributed by atoms with Crippen molar-refractivity contribution in [2.24, 2.45) is 5.92 Å². The minimum absolute atomic E-state index is 0.0379. The molecule has 1 aromatic carbocycles. The van der Waals surface area contributed by atoms with Gasteiger partial charge in [-0.3, -0.25) is 4.79 Å². The van der Waals surface area contributed by atoms with Crippen molar-refractivity contribution in [3.05, 3.63) is 54.2 Å². The number of anilines is 1. The summed E-state index contributed by atoms with van der Waals surface area (Å²) in [5.74, 6) is 1.43. The standard InChI is InChI=1S/C21H25N3O3/c1-15(25)12-17-13-18(24-21(17)26)14-27-19-7-5-16(6-8-19)9-11-23-20-4-2-3-10-22-20/h2-8,10,17-18H,9,11-14H2,1H3,(H,22,23)(H,24,26)/t17-,18+/m1/s1. The van der Waals surface area contributed by atoms with Crippen molar-refractivity contribution in [2.45, 2.75) is 32.2 Å². The Labute approximate surface area is 159 Å². The lowest BCUT2D eigenvalue weighted by Gasteiger charge is -2.12. The summed E-state index contributed by atoms with van der Waals surface area (Å²) in [5, 5.41) is 6.19. The third-order valence-electron chi connectivity index (χ3n) is 4.58. The summed E-state index contributed by atoms with van der Waals surface area (Å²) >= 11 is 0. The lowest BCUT2D eigenvalue weighted by atomic mass is 9.99. The van der Waals surface area contributed by atoms with Gasteiger partial charge in [0.05, 0.1) is 6.04 Å². The summed E-state index contributed by atoms with van der Waals surface area (Å²) in [5.41, 5.74) is 1.21. The zero-order valence-corrected chi connectivity index (χ0v) is 15.5. The molecule has 3 rings (SSSR count). The molecule has 1 fully saturated rings. The van der Waals surface area contributed by atoms with Crippen molar-refractivity contribution in [1.29, 1.82) is 0 Å². The van der Waals surface area contributed by atoms with E-state index in [0.717, 1.165) is 24.5 Å². The van der Waals surface area contributed by atoms with E-state index in [1.807, 2.05) is 42.5 Å². The van der Waals surface area contributed by atoms with Crippen LogP contribution in [-0.2, 0) is 16.0 Å². The number of carbonyl (C=O) groups excluding carboxylic acids is 2. The summed E-state index contributed by atoms with van der Waals surface area (Å²) in [4.78, 5) is 27.3. The van der Waals surface area contributed by atoms with Crippen LogP contribution in [0.25, 0.3) is 0 Å². The number of aromatic nitrogens is 1. The molecule has 1 saturated heterocycles. The minimum Gasteiger partial charge on any atom is -0.491 e. The average molecular weight is 367 g/mol. The number of pyridine rings is 1. The largest absolute Gasteiger partial charge is 0.491 e. The Morgan fingerprint density at radius 1 is 1.26 bits per heavy atom. The van der Waals surface area contributed by atoms with Gasteiger partial charge in [0.2, 0.25) is 5.91 Å². The maximum absolute atomic E-state index is 11.8. The molecule has 2 N–H and O–H groups in total. The Kier molecular flexibility index (Phi) is 6.41. The predicted molar refractivity (Wildman–Crippen MR) is 104 cm³/mol. The van der Waals surface area contributed by atoms with Crippen LogP contribution in [0.2, 0.25) is 0 Å². The van der Waals surface area contributed by atoms with E-state index < -0.39 is 0 Å². The highest BCUT2D eigenvalue weighted by atomic mass is 16.5. The number of ketones is 1. The fourth-order valence-electron chi connectivity index (χ4n) is 3.21. The van der Waals surface area contributed by atoms with Crippen molar-refractivity contribution in [3.63, 3.8) is 0 Å². The molecule has 1 amide bonds. The third-order valence-corrected chi connectivity index (χ3v) is 4.58. The molecule has 1 aromatic heterocycles. The Morgan fingerprint density at radius 3 is 2.78 bits per heavy atom. The van der Waals surface area contributed by atoms with E-state index in [2.05, 4.69) is 15.6 Å². The summed E-state index contributed by atoms with van der Waals surface area (Å²) in [6.07, 6.45) is 3.62. The number of benzene rings is 1. The normalized spacial score (nSPS) is 18.8. The first-order valence-corrected chi connectivity index (χ1v) is 9.26. The number of carbonyl (C=O) groups is 2. The Balaban J connectivity index is 1.40. The maximum atomic E-state index is 11.8. The third kappa shape index (κ3) is 5.81. The van der Waals surface area contributed by atoms with Crippen LogP contribution in [-0.4, -0.2) is 35.9 Å². The molecule has 0 radical (unpaired) electrons. The van der Waals surface area contributed by atoms with Gasteiger partial charge in [0.1, 0.15) is 24.0 Å². The topological polar surface area (TPSA) is 80.3 Å². The lowest BCUT2D eigenvalue weighted by Crippen LogP contribution is -2.31. The molecule has 27 heavy (non-hydrogen) atoms. The van der Waals surface area contributed by atoms with Crippen molar-refractivity contribution in [2.75, 3.05) is 18.5 Å². The van der Waals surface area contributed by atoms with Gasteiger partial charge in [-0.2, -0.15) is 0 Å². The molecule has 142 valence electrons. The van der Waals surface area contributed by atoms with E-state index in [9.17, 15) is 9.59 Å². The average Bonchev–Trinajstić information content (AvgIpc) is 3.01. The van der Waals surface area contributed by atoms with Gasteiger partial charge in [0, 0.05) is 25.1 Å². The van der Waals surface area contributed by atoms with Crippen molar-refractivity contribution in [3.8, 4) is 5.75 Å². The smallest absolute Gasteiger partial charge is 0.223 e. The fraction of sp³-hybridized carbons (Fsp3) is 0.381. The van der Waals surface area contributed by atoms with E-state index in [0.29, 0.717) is 19.4 Å². The summed E-state index contributed by atoms with van der Waals surface area (Å²) in [6.45, 7) is 2.74. The van der Waals surface area contributed by atoms with Crippen LogP contribution in [0.3, 0.4) is 0 Å². The van der Waals surface area contributed by atoms with E-state index in [1.165, 1.54) is 12.5 Å². The first-order valence-electron chi connectivity index (χ1n) is 9.26. The minimum atomic E-state index is -0.218. The number of hydrogen-bond acceptors (Lipinski definition) is 5. The predicted octanol–water partition coefficient (Wildman–Crippen LogP) is 2.60. The van der Waals surface area contributed by atoms with Gasteiger partial charge >= 0.3 is 0 Å². The quantitative estimate of drug-likeness (QED) is 0.712. The van der Waals surface area contributed by atoms with Crippen LogP contribution in [0.1, 0.15) is 25.3 Å². The van der Waals surface area contributed by atoms with Crippen LogP contribution in [0.15, 0.2) is 48.7 Å². The van der Waals surface area contributed by atoms with Crippen LogP contribution >= 0.6 is 0 Å². The van der Waals surface area contributed by atoms with Crippen LogP contribution < -0.4 is 15.4 Å². The zero-order chi connectivity index (χ0) is 19.1. The number of rotatable bonds is 9. The molecule has 2 aromatic rings. The zero-order valence-electron chi connectivity index (χ0n) is 15.5.